The number of carbonyl (C=O) groups excluding carboxylic acids is 1. The van der Waals surface area contributed by atoms with E-state index in [9.17, 15) is 9.59 Å². The van der Waals surface area contributed by atoms with Gasteiger partial charge in [-0.25, -0.2) is 4.79 Å². The Hall–Kier alpha value is -1.26. The molecular weight excluding hydrogens is 244 g/mol. The Morgan fingerprint density at radius 3 is 2.63 bits per heavy atom. The van der Waals surface area contributed by atoms with Crippen LogP contribution in [0.4, 0.5) is 4.79 Å². The molecule has 1 saturated carbocycles. The summed E-state index contributed by atoms with van der Waals surface area (Å²) in [4.78, 5) is 24.3. The lowest BCUT2D eigenvalue weighted by Crippen LogP contribution is -2.56. The van der Waals surface area contributed by atoms with Gasteiger partial charge in [0, 0.05) is 25.0 Å². The van der Waals surface area contributed by atoms with Gasteiger partial charge < -0.3 is 15.3 Å². The molecular formula is C14H24N2O3. The van der Waals surface area contributed by atoms with Gasteiger partial charge in [-0.2, -0.15) is 0 Å². The quantitative estimate of drug-likeness (QED) is 0.820. The summed E-state index contributed by atoms with van der Waals surface area (Å²) in [7, 11) is 0. The highest BCUT2D eigenvalue weighted by Crippen LogP contribution is 2.27. The fraction of sp³-hybridized carbons (Fsp3) is 0.857. The maximum atomic E-state index is 12.0. The highest BCUT2D eigenvalue weighted by Gasteiger charge is 2.33. The molecule has 2 rings (SSSR count). The van der Waals surface area contributed by atoms with Gasteiger partial charge in [-0.15, -0.1) is 0 Å². The molecule has 0 spiro atoms. The second-order valence-electron chi connectivity index (χ2n) is 5.96. The van der Waals surface area contributed by atoms with Crippen LogP contribution < -0.4 is 5.32 Å². The van der Waals surface area contributed by atoms with Crippen molar-refractivity contribution in [3.05, 3.63) is 0 Å². The van der Waals surface area contributed by atoms with E-state index in [0.29, 0.717) is 19.1 Å². The minimum Gasteiger partial charge on any atom is -0.481 e. The predicted octanol–water partition coefficient (Wildman–Crippen LogP) is 2.07. The van der Waals surface area contributed by atoms with Gasteiger partial charge >= 0.3 is 12.0 Å². The SMILES string of the molecule is CCC1CCCC(NC(=O)N2CC(CC(=O)O)C2)C1. The Kier molecular flexibility index (Phi) is 4.66. The highest BCUT2D eigenvalue weighted by atomic mass is 16.4. The van der Waals surface area contributed by atoms with E-state index in [4.69, 9.17) is 5.11 Å². The monoisotopic (exact) mass is 268 g/mol. The van der Waals surface area contributed by atoms with Gasteiger partial charge in [0.15, 0.2) is 0 Å². The molecule has 0 aromatic carbocycles. The number of rotatable bonds is 4. The molecule has 1 saturated heterocycles. The van der Waals surface area contributed by atoms with E-state index in [0.717, 1.165) is 18.8 Å². The van der Waals surface area contributed by atoms with E-state index in [2.05, 4.69) is 12.2 Å². The number of carboxylic acid groups (broad SMARTS) is 1. The van der Waals surface area contributed by atoms with E-state index in [1.807, 2.05) is 0 Å². The zero-order valence-corrected chi connectivity index (χ0v) is 11.6. The predicted molar refractivity (Wildman–Crippen MR) is 71.9 cm³/mol. The van der Waals surface area contributed by atoms with Crippen molar-refractivity contribution in [2.24, 2.45) is 11.8 Å². The van der Waals surface area contributed by atoms with E-state index in [-0.39, 0.29) is 18.4 Å². The number of aliphatic carboxylic acids is 1. The number of hydrogen-bond donors (Lipinski definition) is 2. The van der Waals surface area contributed by atoms with Crippen LogP contribution in [-0.4, -0.2) is 41.1 Å². The van der Waals surface area contributed by atoms with Crippen LogP contribution in [0.3, 0.4) is 0 Å². The third-order valence-corrected chi connectivity index (χ3v) is 4.40. The molecule has 2 N–H and O–H groups in total. The van der Waals surface area contributed by atoms with Crippen LogP contribution in [0.25, 0.3) is 0 Å². The number of hydrogen-bond acceptors (Lipinski definition) is 2. The molecule has 2 aliphatic rings. The summed E-state index contributed by atoms with van der Waals surface area (Å²) >= 11 is 0. The first-order valence-corrected chi connectivity index (χ1v) is 7.35. The first-order chi connectivity index (χ1) is 9.08. The van der Waals surface area contributed by atoms with Crippen molar-refractivity contribution in [1.29, 1.82) is 0 Å². The van der Waals surface area contributed by atoms with Crippen molar-refractivity contribution in [3.63, 3.8) is 0 Å². The van der Waals surface area contributed by atoms with Crippen molar-refractivity contribution >= 4 is 12.0 Å². The Bertz CT molecular complexity index is 340. The van der Waals surface area contributed by atoms with Crippen molar-refractivity contribution in [2.45, 2.75) is 51.5 Å². The number of nitrogens with zero attached hydrogens (tertiary/aromatic N) is 1. The zero-order valence-electron chi connectivity index (χ0n) is 11.6. The fourth-order valence-corrected chi connectivity index (χ4v) is 3.17. The maximum Gasteiger partial charge on any atom is 0.317 e. The smallest absolute Gasteiger partial charge is 0.317 e. The largest absolute Gasteiger partial charge is 0.481 e. The second kappa shape index (κ2) is 6.26. The summed E-state index contributed by atoms with van der Waals surface area (Å²) in [5, 5.41) is 11.8. The summed E-state index contributed by atoms with van der Waals surface area (Å²) in [6.07, 6.45) is 6.02. The fourth-order valence-electron chi connectivity index (χ4n) is 3.17. The molecule has 0 aromatic rings. The van der Waals surface area contributed by atoms with Crippen molar-refractivity contribution in [2.75, 3.05) is 13.1 Å². The van der Waals surface area contributed by atoms with Crippen LogP contribution in [0, 0.1) is 11.8 Å². The molecule has 0 aromatic heterocycles. The van der Waals surface area contributed by atoms with Crippen molar-refractivity contribution < 1.29 is 14.7 Å². The normalized spacial score (nSPS) is 27.7. The molecule has 5 heteroatoms. The molecule has 19 heavy (non-hydrogen) atoms. The average molecular weight is 268 g/mol. The van der Waals surface area contributed by atoms with Gasteiger partial charge in [-0.3, -0.25) is 4.79 Å². The number of amides is 2. The van der Waals surface area contributed by atoms with Crippen LogP contribution in [-0.2, 0) is 4.79 Å². The molecule has 2 atom stereocenters. The van der Waals surface area contributed by atoms with Crippen LogP contribution >= 0.6 is 0 Å². The van der Waals surface area contributed by atoms with Crippen LogP contribution in [0.1, 0.15) is 45.4 Å². The summed E-state index contributed by atoms with van der Waals surface area (Å²) in [5.41, 5.74) is 0. The minimum atomic E-state index is -0.775. The third-order valence-electron chi connectivity index (χ3n) is 4.40. The minimum absolute atomic E-state index is 0.0107. The molecule has 1 heterocycles. The van der Waals surface area contributed by atoms with E-state index in [1.165, 1.54) is 19.3 Å². The van der Waals surface area contributed by atoms with E-state index in [1.54, 1.807) is 4.90 Å². The lowest BCUT2D eigenvalue weighted by Gasteiger charge is -2.40. The summed E-state index contributed by atoms with van der Waals surface area (Å²) < 4.78 is 0. The number of likely N-dealkylation sites (tertiary alicyclic amines) is 1. The lowest BCUT2D eigenvalue weighted by atomic mass is 9.84. The molecule has 1 aliphatic carbocycles. The Morgan fingerprint density at radius 1 is 1.26 bits per heavy atom. The Labute approximate surface area is 114 Å². The average Bonchev–Trinajstić information content (AvgIpc) is 2.33. The van der Waals surface area contributed by atoms with Gasteiger partial charge in [-0.1, -0.05) is 26.2 Å². The lowest BCUT2D eigenvalue weighted by molar-refractivity contribution is -0.139. The molecule has 108 valence electrons. The maximum absolute atomic E-state index is 12.0. The summed E-state index contributed by atoms with van der Waals surface area (Å²) in [6.45, 7) is 3.38. The number of nitrogens with one attached hydrogen (secondary N) is 1. The number of urea groups is 1. The summed E-state index contributed by atoms with van der Waals surface area (Å²) in [6, 6.07) is 0.299. The first-order valence-electron chi connectivity index (χ1n) is 7.35. The van der Waals surface area contributed by atoms with Crippen LogP contribution in [0.15, 0.2) is 0 Å². The number of carboxylic acids is 1. The van der Waals surface area contributed by atoms with Crippen LogP contribution in [0.2, 0.25) is 0 Å². The molecule has 0 bridgehead atoms. The highest BCUT2D eigenvalue weighted by molar-refractivity contribution is 5.76. The van der Waals surface area contributed by atoms with Gasteiger partial charge in [-0.05, 0) is 18.8 Å². The molecule has 0 radical (unpaired) electrons. The van der Waals surface area contributed by atoms with Gasteiger partial charge in [0.25, 0.3) is 0 Å². The van der Waals surface area contributed by atoms with Gasteiger partial charge in [0.1, 0.15) is 0 Å². The number of carbonyl (C=O) groups is 2. The first kappa shape index (κ1) is 14.2. The molecule has 2 fully saturated rings. The third kappa shape index (κ3) is 3.85. The van der Waals surface area contributed by atoms with Gasteiger partial charge in [0.05, 0.1) is 6.42 Å². The van der Waals surface area contributed by atoms with E-state index < -0.39 is 5.97 Å². The molecule has 2 amide bonds. The molecule has 2 unspecified atom stereocenters. The second-order valence-corrected chi connectivity index (χ2v) is 5.96. The Balaban J connectivity index is 1.69. The molecule has 1 aliphatic heterocycles. The topological polar surface area (TPSA) is 69.6 Å². The van der Waals surface area contributed by atoms with Crippen molar-refractivity contribution in [1.82, 2.24) is 10.2 Å². The molecule has 5 nitrogen and oxygen atoms in total. The zero-order chi connectivity index (χ0) is 13.8. The Morgan fingerprint density at radius 2 is 2.00 bits per heavy atom. The standard InChI is InChI=1S/C14H24N2O3/c1-2-10-4-3-5-12(6-10)15-14(19)16-8-11(9-16)7-13(17)18/h10-12H,2-9H2,1H3,(H,15,19)(H,17,18). The van der Waals surface area contributed by atoms with E-state index >= 15 is 0 Å². The van der Waals surface area contributed by atoms with Crippen LogP contribution in [0.5, 0.6) is 0 Å². The van der Waals surface area contributed by atoms with Crippen molar-refractivity contribution in [3.8, 4) is 0 Å². The summed E-state index contributed by atoms with van der Waals surface area (Å²) in [5.74, 6) is 0.108. The van der Waals surface area contributed by atoms with Gasteiger partial charge in [0.2, 0.25) is 0 Å².